The third kappa shape index (κ3) is 2.19. The Bertz CT molecular complexity index is 432. The van der Waals surface area contributed by atoms with Crippen molar-refractivity contribution in [2.45, 2.75) is 57.2 Å². The zero-order valence-electron chi connectivity index (χ0n) is 10.9. The van der Waals surface area contributed by atoms with Crippen molar-refractivity contribution in [1.29, 1.82) is 0 Å². The van der Waals surface area contributed by atoms with Gasteiger partial charge in [-0.3, -0.25) is 0 Å². The fourth-order valence-corrected chi connectivity index (χ4v) is 4.09. The molecule has 98 valence electrons. The molecule has 2 unspecified atom stereocenters. The zero-order chi connectivity index (χ0) is 12.7. The highest BCUT2D eigenvalue weighted by Gasteiger charge is 2.37. The molecular formula is C15H21BrN2. The van der Waals surface area contributed by atoms with Crippen LogP contribution < -0.4 is 10.6 Å². The van der Waals surface area contributed by atoms with Gasteiger partial charge in [0.15, 0.2) is 0 Å². The Morgan fingerprint density at radius 3 is 2.56 bits per heavy atom. The predicted octanol–water partition coefficient (Wildman–Crippen LogP) is 3.61. The monoisotopic (exact) mass is 308 g/mol. The highest BCUT2D eigenvalue weighted by molar-refractivity contribution is 9.10. The fourth-order valence-electron chi connectivity index (χ4n) is 3.64. The summed E-state index contributed by atoms with van der Waals surface area (Å²) in [6, 6.07) is 8.34. The summed E-state index contributed by atoms with van der Waals surface area (Å²) in [5, 5.41) is 0. The van der Waals surface area contributed by atoms with E-state index in [4.69, 9.17) is 5.73 Å². The van der Waals surface area contributed by atoms with Crippen molar-refractivity contribution in [3.05, 3.63) is 28.2 Å². The van der Waals surface area contributed by atoms with Gasteiger partial charge < -0.3 is 10.6 Å². The minimum absolute atomic E-state index is 0.403. The van der Waals surface area contributed by atoms with E-state index in [-0.39, 0.29) is 0 Å². The summed E-state index contributed by atoms with van der Waals surface area (Å²) < 4.78 is 1.22. The zero-order valence-corrected chi connectivity index (χ0v) is 12.5. The summed E-state index contributed by atoms with van der Waals surface area (Å²) in [5.74, 6) is 0. The molecule has 2 atom stereocenters. The molecule has 1 aromatic carbocycles. The average Bonchev–Trinajstić information content (AvgIpc) is 2.31. The van der Waals surface area contributed by atoms with Gasteiger partial charge >= 0.3 is 0 Å². The maximum Gasteiger partial charge on any atom is 0.0518 e. The van der Waals surface area contributed by atoms with E-state index in [2.05, 4.69) is 46.0 Å². The standard InChI is InChI=1S/C15H21BrN2/c1-10-5-6-14(16)15(7-10)18-12-3-2-4-13(18)9-11(17)8-12/h5-7,11-13H,2-4,8-9,17H2,1H3. The van der Waals surface area contributed by atoms with Crippen LogP contribution in [-0.2, 0) is 0 Å². The van der Waals surface area contributed by atoms with Crippen LogP contribution in [0.25, 0.3) is 0 Å². The molecule has 0 saturated carbocycles. The van der Waals surface area contributed by atoms with Gasteiger partial charge in [0.05, 0.1) is 5.69 Å². The number of anilines is 1. The molecule has 0 radical (unpaired) electrons. The molecule has 0 aliphatic carbocycles. The lowest BCUT2D eigenvalue weighted by Gasteiger charge is -2.50. The van der Waals surface area contributed by atoms with Crippen LogP contribution in [0, 0.1) is 6.92 Å². The van der Waals surface area contributed by atoms with Crippen molar-refractivity contribution in [2.75, 3.05) is 4.90 Å². The third-order valence-electron chi connectivity index (χ3n) is 4.39. The molecule has 2 aliphatic rings. The van der Waals surface area contributed by atoms with Gasteiger partial charge in [-0.15, -0.1) is 0 Å². The molecule has 3 heteroatoms. The molecule has 3 rings (SSSR count). The summed E-state index contributed by atoms with van der Waals surface area (Å²) in [4.78, 5) is 2.64. The number of halogens is 1. The lowest BCUT2D eigenvalue weighted by Crippen LogP contribution is -2.55. The first-order valence-electron chi connectivity index (χ1n) is 6.95. The van der Waals surface area contributed by atoms with E-state index >= 15 is 0 Å². The van der Waals surface area contributed by atoms with Crippen LogP contribution in [0.15, 0.2) is 22.7 Å². The lowest BCUT2D eigenvalue weighted by atomic mass is 9.81. The number of rotatable bonds is 1. The Morgan fingerprint density at radius 1 is 1.22 bits per heavy atom. The van der Waals surface area contributed by atoms with Crippen molar-refractivity contribution in [1.82, 2.24) is 0 Å². The van der Waals surface area contributed by atoms with E-state index in [1.54, 1.807) is 0 Å². The number of fused-ring (bicyclic) bond motifs is 2. The Kier molecular flexibility index (Phi) is 3.37. The largest absolute Gasteiger partial charge is 0.365 e. The second-order valence-corrected chi connectivity index (χ2v) is 6.69. The van der Waals surface area contributed by atoms with Gasteiger partial charge in [-0.05, 0) is 72.7 Å². The molecule has 2 heterocycles. The molecular weight excluding hydrogens is 288 g/mol. The lowest BCUT2D eigenvalue weighted by molar-refractivity contribution is 0.271. The summed E-state index contributed by atoms with van der Waals surface area (Å²) >= 11 is 3.72. The molecule has 2 aliphatic heterocycles. The molecule has 2 bridgehead atoms. The number of hydrogen-bond donors (Lipinski definition) is 1. The summed E-state index contributed by atoms with van der Waals surface area (Å²) in [7, 11) is 0. The first-order valence-corrected chi connectivity index (χ1v) is 7.74. The van der Waals surface area contributed by atoms with Crippen molar-refractivity contribution in [2.24, 2.45) is 5.73 Å². The van der Waals surface area contributed by atoms with E-state index in [9.17, 15) is 0 Å². The maximum absolute atomic E-state index is 6.19. The van der Waals surface area contributed by atoms with E-state index in [0.29, 0.717) is 18.1 Å². The third-order valence-corrected chi connectivity index (χ3v) is 5.06. The van der Waals surface area contributed by atoms with Crippen molar-refractivity contribution < 1.29 is 0 Å². The summed E-state index contributed by atoms with van der Waals surface area (Å²) in [5.41, 5.74) is 8.90. The van der Waals surface area contributed by atoms with Crippen LogP contribution in [-0.4, -0.2) is 18.1 Å². The highest BCUT2D eigenvalue weighted by atomic mass is 79.9. The summed E-state index contributed by atoms with van der Waals surface area (Å²) in [6.45, 7) is 2.17. The second kappa shape index (κ2) is 4.86. The Balaban J connectivity index is 1.97. The van der Waals surface area contributed by atoms with Gasteiger partial charge in [-0.2, -0.15) is 0 Å². The molecule has 0 amide bonds. The molecule has 2 N–H and O–H groups in total. The molecule has 0 spiro atoms. The molecule has 2 fully saturated rings. The van der Waals surface area contributed by atoms with Crippen molar-refractivity contribution >= 4 is 21.6 Å². The highest BCUT2D eigenvalue weighted by Crippen LogP contribution is 2.40. The topological polar surface area (TPSA) is 29.3 Å². The minimum atomic E-state index is 0.403. The number of benzene rings is 1. The number of nitrogens with zero attached hydrogens (tertiary/aromatic N) is 1. The molecule has 1 aromatic rings. The van der Waals surface area contributed by atoms with E-state index in [0.717, 1.165) is 12.8 Å². The minimum Gasteiger partial charge on any atom is -0.365 e. The molecule has 2 saturated heterocycles. The Morgan fingerprint density at radius 2 is 1.89 bits per heavy atom. The number of nitrogens with two attached hydrogens (primary N) is 1. The van der Waals surface area contributed by atoms with Crippen LogP contribution in [0.5, 0.6) is 0 Å². The number of aryl methyl sites for hydroxylation is 1. The SMILES string of the molecule is Cc1ccc(Br)c(N2C3CCCC2CC(N)C3)c1. The first kappa shape index (κ1) is 12.5. The Hall–Kier alpha value is -0.540. The smallest absolute Gasteiger partial charge is 0.0518 e. The normalized spacial score (nSPS) is 31.5. The van der Waals surface area contributed by atoms with E-state index in [1.165, 1.54) is 35.0 Å². The summed E-state index contributed by atoms with van der Waals surface area (Å²) in [6.07, 6.45) is 6.25. The van der Waals surface area contributed by atoms with Crippen LogP contribution in [0.4, 0.5) is 5.69 Å². The molecule has 0 aromatic heterocycles. The molecule has 18 heavy (non-hydrogen) atoms. The number of piperidine rings is 2. The van der Waals surface area contributed by atoms with Gasteiger partial charge in [0.2, 0.25) is 0 Å². The van der Waals surface area contributed by atoms with Crippen molar-refractivity contribution in [3.8, 4) is 0 Å². The first-order chi connectivity index (χ1) is 8.65. The Labute approximate surface area is 118 Å². The van der Waals surface area contributed by atoms with Crippen LogP contribution in [0.3, 0.4) is 0 Å². The van der Waals surface area contributed by atoms with E-state index in [1.807, 2.05) is 0 Å². The van der Waals surface area contributed by atoms with Gasteiger partial charge in [-0.25, -0.2) is 0 Å². The predicted molar refractivity (Wildman–Crippen MR) is 80.0 cm³/mol. The van der Waals surface area contributed by atoms with Crippen LogP contribution in [0.1, 0.15) is 37.7 Å². The van der Waals surface area contributed by atoms with Gasteiger partial charge in [0, 0.05) is 22.6 Å². The van der Waals surface area contributed by atoms with Crippen LogP contribution in [0.2, 0.25) is 0 Å². The van der Waals surface area contributed by atoms with Crippen molar-refractivity contribution in [3.63, 3.8) is 0 Å². The van der Waals surface area contributed by atoms with Gasteiger partial charge in [0.1, 0.15) is 0 Å². The maximum atomic E-state index is 6.19. The molecule has 2 nitrogen and oxygen atoms in total. The quantitative estimate of drug-likeness (QED) is 0.859. The average molecular weight is 309 g/mol. The number of hydrogen-bond acceptors (Lipinski definition) is 2. The fraction of sp³-hybridized carbons (Fsp3) is 0.600. The van der Waals surface area contributed by atoms with Gasteiger partial charge in [0.25, 0.3) is 0 Å². The van der Waals surface area contributed by atoms with E-state index < -0.39 is 0 Å². The van der Waals surface area contributed by atoms with Gasteiger partial charge in [-0.1, -0.05) is 6.07 Å². The second-order valence-electron chi connectivity index (χ2n) is 5.83. The van der Waals surface area contributed by atoms with Crippen LogP contribution >= 0.6 is 15.9 Å².